The molecule has 0 amide bonds. The summed E-state index contributed by atoms with van der Waals surface area (Å²) in [6.45, 7) is 12.4. The lowest BCUT2D eigenvalue weighted by atomic mass is 9.96. The number of fused-ring (bicyclic) bond motifs is 1. The summed E-state index contributed by atoms with van der Waals surface area (Å²) in [6, 6.07) is 16.8. The zero-order valence-electron chi connectivity index (χ0n) is 24.1. The molecule has 1 aromatic heterocycles. The maximum Gasteiger partial charge on any atom is 0.347 e. The smallest absolute Gasteiger partial charge is 0.347 e. The summed E-state index contributed by atoms with van der Waals surface area (Å²) in [5.41, 5.74) is 3.86. The first kappa shape index (κ1) is 30.2. The van der Waals surface area contributed by atoms with Crippen LogP contribution in [-0.4, -0.2) is 41.2 Å². The Morgan fingerprint density at radius 2 is 1.80 bits per heavy atom. The van der Waals surface area contributed by atoms with Crippen LogP contribution in [0.3, 0.4) is 0 Å². The van der Waals surface area contributed by atoms with Crippen molar-refractivity contribution < 1.29 is 19.0 Å². The van der Waals surface area contributed by atoms with Gasteiger partial charge in [0.1, 0.15) is 11.5 Å². The third kappa shape index (κ3) is 6.78. The molecule has 0 N–H and O–H groups in total. The molecule has 214 valence electrons. The first-order chi connectivity index (χ1) is 19.6. The highest BCUT2D eigenvalue weighted by molar-refractivity contribution is 14.1. The number of carbonyl (C=O) groups excluding carboxylic acids is 1. The maximum atomic E-state index is 13.7. The number of esters is 1. The largest absolute Gasteiger partial charge is 0.494 e. The van der Waals surface area contributed by atoms with E-state index in [4.69, 9.17) is 19.2 Å². The number of aryl methyl sites for hydroxylation is 1. The molecule has 0 bridgehead atoms. The Morgan fingerprint density at radius 1 is 1.05 bits per heavy atom. The summed E-state index contributed by atoms with van der Waals surface area (Å²) in [4.78, 5) is 30.6. The van der Waals surface area contributed by atoms with Gasteiger partial charge < -0.3 is 14.2 Å². The number of para-hydroxylation sites is 1. The molecule has 41 heavy (non-hydrogen) atoms. The molecule has 3 aromatic carbocycles. The molecule has 0 aliphatic rings. The predicted octanol–water partition coefficient (Wildman–Crippen LogP) is 6.71. The minimum atomic E-state index is -0.735. The van der Waals surface area contributed by atoms with Crippen molar-refractivity contribution in [3.8, 4) is 22.9 Å². The highest BCUT2D eigenvalue weighted by atomic mass is 127. The van der Waals surface area contributed by atoms with E-state index in [0.29, 0.717) is 35.7 Å². The van der Waals surface area contributed by atoms with Gasteiger partial charge in [-0.15, -0.1) is 0 Å². The number of rotatable bonds is 10. The van der Waals surface area contributed by atoms with Gasteiger partial charge >= 0.3 is 5.97 Å². The molecule has 1 atom stereocenters. The second-order valence-corrected chi connectivity index (χ2v) is 11.0. The van der Waals surface area contributed by atoms with E-state index in [-0.39, 0.29) is 11.5 Å². The van der Waals surface area contributed by atoms with Crippen molar-refractivity contribution in [2.45, 2.75) is 53.6 Å². The van der Waals surface area contributed by atoms with Crippen LogP contribution >= 0.6 is 22.6 Å². The molecule has 0 radical (unpaired) electrons. The van der Waals surface area contributed by atoms with Gasteiger partial charge in [0.15, 0.2) is 11.9 Å². The quantitative estimate of drug-likeness (QED) is 0.106. The molecule has 0 aliphatic heterocycles. The SMILES string of the molecule is CCOC(=O)[C@@H](C)Oc1ccc(C=Nn2c(-c3cc(C(C)C)c(OCC)cc3C)nc3ccccc3c2=O)cc1I. The van der Waals surface area contributed by atoms with Gasteiger partial charge in [-0.05, 0) is 115 Å². The van der Waals surface area contributed by atoms with Crippen molar-refractivity contribution in [2.75, 3.05) is 13.2 Å². The molecule has 0 saturated heterocycles. The van der Waals surface area contributed by atoms with E-state index < -0.39 is 12.1 Å². The van der Waals surface area contributed by atoms with E-state index in [9.17, 15) is 9.59 Å². The predicted molar refractivity (Wildman–Crippen MR) is 170 cm³/mol. The average Bonchev–Trinajstić information content (AvgIpc) is 2.94. The maximum absolute atomic E-state index is 13.7. The lowest BCUT2D eigenvalue weighted by Gasteiger charge is -2.18. The number of aromatic nitrogens is 2. The molecule has 8 nitrogen and oxygen atoms in total. The van der Waals surface area contributed by atoms with E-state index in [1.165, 1.54) is 4.68 Å². The van der Waals surface area contributed by atoms with Crippen molar-refractivity contribution in [2.24, 2.45) is 5.10 Å². The Morgan fingerprint density at radius 3 is 2.49 bits per heavy atom. The minimum absolute atomic E-state index is 0.203. The highest BCUT2D eigenvalue weighted by Crippen LogP contribution is 2.34. The van der Waals surface area contributed by atoms with Gasteiger partial charge in [-0.25, -0.2) is 9.78 Å². The molecular formula is C32H34IN3O5. The second-order valence-electron chi connectivity index (χ2n) is 9.81. The lowest BCUT2D eigenvalue weighted by Crippen LogP contribution is -2.26. The van der Waals surface area contributed by atoms with Crippen LogP contribution < -0.4 is 15.0 Å². The van der Waals surface area contributed by atoms with Crippen molar-refractivity contribution >= 4 is 45.7 Å². The lowest BCUT2D eigenvalue weighted by molar-refractivity contribution is -0.150. The van der Waals surface area contributed by atoms with Gasteiger partial charge in [0.05, 0.1) is 33.9 Å². The van der Waals surface area contributed by atoms with Crippen LogP contribution in [0.25, 0.3) is 22.3 Å². The number of hydrogen-bond acceptors (Lipinski definition) is 7. The summed E-state index contributed by atoms with van der Waals surface area (Å²) < 4.78 is 18.9. The van der Waals surface area contributed by atoms with Gasteiger partial charge in [0, 0.05) is 5.56 Å². The van der Waals surface area contributed by atoms with E-state index in [1.54, 1.807) is 32.2 Å². The Kier molecular flexibility index (Phi) is 9.80. The first-order valence-corrected chi connectivity index (χ1v) is 14.7. The topological polar surface area (TPSA) is 92.0 Å². The van der Waals surface area contributed by atoms with Crippen molar-refractivity contribution in [3.05, 3.63) is 85.2 Å². The molecular weight excluding hydrogens is 633 g/mol. The van der Waals surface area contributed by atoms with Crippen LogP contribution in [-0.2, 0) is 9.53 Å². The van der Waals surface area contributed by atoms with Gasteiger partial charge in [-0.3, -0.25) is 4.79 Å². The zero-order chi connectivity index (χ0) is 29.7. The number of nitrogens with zero attached hydrogens (tertiary/aromatic N) is 3. The number of halogens is 1. The Bertz CT molecular complexity index is 1660. The summed E-state index contributed by atoms with van der Waals surface area (Å²) in [7, 11) is 0. The fraction of sp³-hybridized carbons (Fsp3) is 0.312. The van der Waals surface area contributed by atoms with Crippen LogP contribution in [0.2, 0.25) is 0 Å². The fourth-order valence-corrected chi connectivity index (χ4v) is 5.06. The Hall–Kier alpha value is -3.73. The van der Waals surface area contributed by atoms with E-state index in [1.807, 2.05) is 56.3 Å². The van der Waals surface area contributed by atoms with Gasteiger partial charge in [0.25, 0.3) is 5.56 Å². The first-order valence-electron chi connectivity index (χ1n) is 13.6. The van der Waals surface area contributed by atoms with Crippen molar-refractivity contribution in [1.82, 2.24) is 9.66 Å². The third-order valence-electron chi connectivity index (χ3n) is 6.47. The number of hydrogen-bond donors (Lipinski definition) is 0. The molecule has 4 aromatic rings. The van der Waals surface area contributed by atoms with E-state index >= 15 is 0 Å². The minimum Gasteiger partial charge on any atom is -0.494 e. The van der Waals surface area contributed by atoms with Crippen LogP contribution in [0.15, 0.2) is 64.5 Å². The monoisotopic (exact) mass is 667 g/mol. The van der Waals surface area contributed by atoms with Crippen LogP contribution in [0.5, 0.6) is 11.5 Å². The van der Waals surface area contributed by atoms with Crippen LogP contribution in [0.1, 0.15) is 57.2 Å². The number of ether oxygens (including phenoxy) is 3. The molecule has 0 aliphatic carbocycles. The Labute approximate surface area is 253 Å². The molecule has 4 rings (SSSR count). The number of carbonyl (C=O) groups is 1. The second kappa shape index (κ2) is 13.3. The standard InChI is InChI=1S/C32H34IN3O5/c1-7-39-29-15-20(5)25(17-24(29)19(3)4)30-35-27-12-10-9-11-23(27)31(37)36(30)34-18-22-13-14-28(26(33)16-22)41-21(6)32(38)40-8-2/h9-19,21H,7-8H2,1-6H3/t21-/m1/s1. The molecule has 0 unspecified atom stereocenters. The van der Waals surface area contributed by atoms with Gasteiger partial charge in [0.2, 0.25) is 0 Å². The summed E-state index contributed by atoms with van der Waals surface area (Å²) in [5.74, 6) is 1.62. The normalized spacial score (nSPS) is 12.2. The highest BCUT2D eigenvalue weighted by Gasteiger charge is 2.19. The molecule has 1 heterocycles. The summed E-state index contributed by atoms with van der Waals surface area (Å²) in [6.07, 6.45) is 0.885. The number of benzene rings is 3. The molecule has 0 fully saturated rings. The molecule has 0 spiro atoms. The van der Waals surface area contributed by atoms with Crippen molar-refractivity contribution in [3.63, 3.8) is 0 Å². The summed E-state index contributed by atoms with van der Waals surface area (Å²) in [5, 5.41) is 5.11. The molecule has 9 heteroatoms. The van der Waals surface area contributed by atoms with Gasteiger partial charge in [-0.2, -0.15) is 9.78 Å². The van der Waals surface area contributed by atoms with Gasteiger partial charge in [-0.1, -0.05) is 26.0 Å². The van der Waals surface area contributed by atoms with Crippen molar-refractivity contribution in [1.29, 1.82) is 0 Å². The average molecular weight is 668 g/mol. The van der Waals surface area contributed by atoms with Crippen LogP contribution in [0.4, 0.5) is 0 Å². The van der Waals surface area contributed by atoms with E-state index in [2.05, 4.69) is 41.5 Å². The molecule has 0 saturated carbocycles. The summed E-state index contributed by atoms with van der Waals surface area (Å²) >= 11 is 2.14. The Balaban J connectivity index is 1.79. The fourth-order valence-electron chi connectivity index (χ4n) is 4.39. The van der Waals surface area contributed by atoms with E-state index in [0.717, 1.165) is 31.6 Å². The zero-order valence-corrected chi connectivity index (χ0v) is 26.3. The van der Waals surface area contributed by atoms with Crippen LogP contribution in [0, 0.1) is 10.5 Å². The third-order valence-corrected chi connectivity index (χ3v) is 7.32.